The van der Waals surface area contributed by atoms with Crippen LogP contribution < -0.4 is 5.73 Å². The summed E-state index contributed by atoms with van der Waals surface area (Å²) in [7, 11) is -4.38. The monoisotopic (exact) mass is 233 g/mol. The van der Waals surface area contributed by atoms with Crippen LogP contribution in [0.2, 0.25) is 0 Å². The van der Waals surface area contributed by atoms with Crippen LogP contribution in [0.15, 0.2) is 22.6 Å². The minimum atomic E-state index is -4.38. The van der Waals surface area contributed by atoms with Crippen molar-refractivity contribution in [1.29, 1.82) is 0 Å². The van der Waals surface area contributed by atoms with Gasteiger partial charge in [0.25, 0.3) is 10.1 Å². The van der Waals surface area contributed by atoms with E-state index < -0.39 is 22.0 Å². The molecule has 0 saturated carbocycles. The van der Waals surface area contributed by atoms with Crippen LogP contribution in [-0.2, 0) is 14.9 Å². The van der Waals surface area contributed by atoms with Gasteiger partial charge in [0, 0.05) is 12.5 Å². The molecular weight excluding hydrogens is 222 g/mol. The molecule has 4 N–H and O–H groups in total. The minimum absolute atomic E-state index is 0.0367. The van der Waals surface area contributed by atoms with Gasteiger partial charge in [-0.25, -0.2) is 4.79 Å². The summed E-state index contributed by atoms with van der Waals surface area (Å²) in [6.45, 7) is 0.0367. The summed E-state index contributed by atoms with van der Waals surface area (Å²) < 4.78 is 30.7. The van der Waals surface area contributed by atoms with Gasteiger partial charge in [0.2, 0.25) is 0 Å². The third-order valence-corrected chi connectivity index (χ3v) is 3.20. The molecule has 1 rings (SSSR count). The number of rotatable bonds is 3. The predicted octanol–water partition coefficient (Wildman–Crippen LogP) is -0.252. The van der Waals surface area contributed by atoms with Gasteiger partial charge in [-0.05, 0) is 12.5 Å². The van der Waals surface area contributed by atoms with Crippen LogP contribution in [0.1, 0.15) is 6.42 Å². The second-order valence-corrected chi connectivity index (χ2v) is 4.58. The Labute approximate surface area is 86.8 Å². The van der Waals surface area contributed by atoms with Crippen LogP contribution in [0, 0.1) is 5.92 Å². The number of hydrogen-bond donors (Lipinski definition) is 3. The first kappa shape index (κ1) is 11.9. The summed E-state index contributed by atoms with van der Waals surface area (Å²) in [4.78, 5) is 10.3. The Morgan fingerprint density at radius 1 is 1.60 bits per heavy atom. The highest BCUT2D eigenvalue weighted by Gasteiger charge is 2.27. The van der Waals surface area contributed by atoms with Gasteiger partial charge in [0.05, 0.1) is 10.5 Å². The summed E-state index contributed by atoms with van der Waals surface area (Å²) >= 11 is 0. The molecule has 0 bridgehead atoms. The third-order valence-electron chi connectivity index (χ3n) is 2.15. The van der Waals surface area contributed by atoms with Crippen LogP contribution in [0.25, 0.3) is 0 Å². The Hall–Kier alpha value is -1.18. The maximum Gasteiger partial charge on any atom is 0.335 e. The number of carboxylic acid groups (broad SMARTS) is 1. The normalized spacial score (nSPS) is 21.9. The number of nitrogens with two attached hydrogens (primary N) is 1. The molecule has 1 aliphatic rings. The van der Waals surface area contributed by atoms with Gasteiger partial charge >= 0.3 is 5.97 Å². The van der Waals surface area contributed by atoms with Crippen molar-refractivity contribution in [2.24, 2.45) is 11.7 Å². The van der Waals surface area contributed by atoms with Crippen LogP contribution in [0.4, 0.5) is 0 Å². The lowest BCUT2D eigenvalue weighted by atomic mass is 9.96. The van der Waals surface area contributed by atoms with Crippen molar-refractivity contribution >= 4 is 16.1 Å². The molecule has 0 aromatic rings. The molecular formula is C8H11NO5S. The maximum absolute atomic E-state index is 10.9. The van der Waals surface area contributed by atoms with Gasteiger partial charge in [-0.15, -0.1) is 0 Å². The number of allylic oxidation sites excluding steroid dienone is 1. The van der Waals surface area contributed by atoms with Gasteiger partial charge in [-0.1, -0.05) is 6.08 Å². The summed E-state index contributed by atoms with van der Waals surface area (Å²) in [5.74, 6) is -1.78. The summed E-state index contributed by atoms with van der Waals surface area (Å²) in [5.41, 5.74) is 5.17. The molecule has 0 radical (unpaired) electrons. The highest BCUT2D eigenvalue weighted by atomic mass is 32.2. The fourth-order valence-corrected chi connectivity index (χ4v) is 2.25. The zero-order chi connectivity index (χ0) is 11.6. The van der Waals surface area contributed by atoms with Gasteiger partial charge in [-0.3, -0.25) is 4.55 Å². The fourth-order valence-electron chi connectivity index (χ4n) is 1.36. The van der Waals surface area contributed by atoms with Crippen molar-refractivity contribution in [2.75, 3.05) is 6.54 Å². The van der Waals surface area contributed by atoms with E-state index in [1.807, 2.05) is 0 Å². The molecule has 0 aromatic carbocycles. The van der Waals surface area contributed by atoms with Gasteiger partial charge < -0.3 is 10.8 Å². The lowest BCUT2D eigenvalue weighted by Crippen LogP contribution is -2.24. The van der Waals surface area contributed by atoms with E-state index in [-0.39, 0.29) is 23.4 Å². The zero-order valence-corrected chi connectivity index (χ0v) is 8.57. The molecule has 0 fully saturated rings. The Balaban J connectivity index is 3.16. The Kier molecular flexibility index (Phi) is 3.28. The smallest absolute Gasteiger partial charge is 0.335 e. The standard InChI is InChI=1S/C8H11NO5S/c9-4-6-2-1-5(8(10)11)3-7(6)15(12,13)14/h1,3,6H,2,4,9H2,(H,10,11)(H,12,13,14). The molecule has 15 heavy (non-hydrogen) atoms. The van der Waals surface area contributed by atoms with Crippen LogP contribution in [0.3, 0.4) is 0 Å². The van der Waals surface area contributed by atoms with E-state index in [0.717, 1.165) is 6.08 Å². The highest BCUT2D eigenvalue weighted by Crippen LogP contribution is 2.26. The molecule has 1 atom stereocenters. The van der Waals surface area contributed by atoms with Crippen molar-refractivity contribution in [3.05, 3.63) is 22.6 Å². The number of hydrogen-bond acceptors (Lipinski definition) is 4. The van der Waals surface area contributed by atoms with Crippen molar-refractivity contribution < 1.29 is 22.9 Å². The Bertz CT molecular complexity index is 434. The Morgan fingerprint density at radius 3 is 2.60 bits per heavy atom. The molecule has 0 amide bonds. The molecule has 0 heterocycles. The van der Waals surface area contributed by atoms with Crippen LogP contribution in [-0.4, -0.2) is 30.6 Å². The average molecular weight is 233 g/mol. The number of carboxylic acids is 1. The SMILES string of the molecule is NCC1CC=C(C(=O)O)C=C1S(=O)(=O)O. The van der Waals surface area contributed by atoms with E-state index in [9.17, 15) is 13.2 Å². The summed E-state index contributed by atoms with van der Waals surface area (Å²) in [5, 5.41) is 8.66. The number of carbonyl (C=O) groups is 1. The Morgan fingerprint density at radius 2 is 2.20 bits per heavy atom. The first-order valence-electron chi connectivity index (χ1n) is 4.19. The van der Waals surface area contributed by atoms with Gasteiger partial charge in [-0.2, -0.15) is 8.42 Å². The van der Waals surface area contributed by atoms with Gasteiger partial charge in [0.15, 0.2) is 0 Å². The van der Waals surface area contributed by atoms with Crippen LogP contribution in [0.5, 0.6) is 0 Å². The molecule has 0 aromatic heterocycles. The molecule has 1 unspecified atom stereocenters. The maximum atomic E-state index is 10.9. The van der Waals surface area contributed by atoms with E-state index in [1.54, 1.807) is 0 Å². The topological polar surface area (TPSA) is 118 Å². The molecule has 1 aliphatic carbocycles. The van der Waals surface area contributed by atoms with Crippen molar-refractivity contribution in [3.63, 3.8) is 0 Å². The largest absolute Gasteiger partial charge is 0.478 e. The third kappa shape index (κ3) is 2.65. The summed E-state index contributed by atoms with van der Waals surface area (Å²) in [6.07, 6.45) is 2.52. The minimum Gasteiger partial charge on any atom is -0.478 e. The van der Waals surface area contributed by atoms with Crippen LogP contribution >= 0.6 is 0 Å². The molecule has 6 nitrogen and oxygen atoms in total. The first-order chi connectivity index (χ1) is 6.86. The molecule has 84 valence electrons. The van der Waals surface area contributed by atoms with E-state index >= 15 is 0 Å². The zero-order valence-electron chi connectivity index (χ0n) is 7.75. The lowest BCUT2D eigenvalue weighted by molar-refractivity contribution is -0.132. The van der Waals surface area contributed by atoms with E-state index in [2.05, 4.69) is 0 Å². The first-order valence-corrected chi connectivity index (χ1v) is 5.63. The molecule has 0 spiro atoms. The van der Waals surface area contributed by atoms with E-state index in [4.69, 9.17) is 15.4 Å². The molecule has 0 aliphatic heterocycles. The van der Waals surface area contributed by atoms with E-state index in [0.29, 0.717) is 0 Å². The quantitative estimate of drug-likeness (QED) is 0.578. The summed E-state index contributed by atoms with van der Waals surface area (Å²) in [6, 6.07) is 0. The van der Waals surface area contributed by atoms with Crippen molar-refractivity contribution in [3.8, 4) is 0 Å². The van der Waals surface area contributed by atoms with Crippen molar-refractivity contribution in [1.82, 2.24) is 0 Å². The second kappa shape index (κ2) is 4.13. The lowest BCUT2D eigenvalue weighted by Gasteiger charge is -2.18. The molecule has 0 saturated heterocycles. The number of aliphatic carboxylic acids is 1. The fraction of sp³-hybridized carbons (Fsp3) is 0.375. The van der Waals surface area contributed by atoms with E-state index in [1.165, 1.54) is 6.08 Å². The molecule has 7 heteroatoms. The predicted molar refractivity (Wildman–Crippen MR) is 52.5 cm³/mol. The average Bonchev–Trinajstić information content (AvgIpc) is 2.15. The van der Waals surface area contributed by atoms with Crippen molar-refractivity contribution in [2.45, 2.75) is 6.42 Å². The second-order valence-electron chi connectivity index (χ2n) is 3.15. The highest BCUT2D eigenvalue weighted by molar-refractivity contribution is 7.89. The van der Waals surface area contributed by atoms with Gasteiger partial charge in [0.1, 0.15) is 0 Å².